The van der Waals surface area contributed by atoms with Gasteiger partial charge in [0.25, 0.3) is 0 Å². The Hall–Kier alpha value is -1.92. The largest absolute Gasteiger partial charge is 0.438 e. The molecule has 2 aromatic rings. The molecular weight excluding hydrogens is 288 g/mol. The Bertz CT molecular complexity index is 722. The van der Waals surface area contributed by atoms with Gasteiger partial charge in [-0.3, -0.25) is 0 Å². The molecule has 0 spiro atoms. The van der Waals surface area contributed by atoms with Crippen LogP contribution in [0.5, 0.6) is 11.6 Å². The smallest absolute Gasteiger partial charge is 0.223 e. The molecule has 0 aliphatic rings. The van der Waals surface area contributed by atoms with Gasteiger partial charge in [0.2, 0.25) is 15.9 Å². The van der Waals surface area contributed by atoms with Gasteiger partial charge >= 0.3 is 0 Å². The van der Waals surface area contributed by atoms with E-state index in [2.05, 4.69) is 9.71 Å². The summed E-state index contributed by atoms with van der Waals surface area (Å²) in [6.45, 7) is 4.06. The molecule has 0 amide bonds. The number of nitrogens with one attached hydrogen (secondary N) is 1. The van der Waals surface area contributed by atoms with Crippen molar-refractivity contribution in [1.82, 2.24) is 9.71 Å². The summed E-state index contributed by atoms with van der Waals surface area (Å²) in [5, 5.41) is 0. The molecule has 2 rings (SSSR count). The average molecular weight is 306 g/mol. The number of aryl methyl sites for hydroxylation is 2. The first kappa shape index (κ1) is 15.5. The Balaban J connectivity index is 2.28. The van der Waals surface area contributed by atoms with Crippen LogP contribution >= 0.6 is 0 Å². The Labute approximate surface area is 125 Å². The first-order valence-corrected chi connectivity index (χ1v) is 8.38. The van der Waals surface area contributed by atoms with Crippen LogP contribution in [-0.2, 0) is 16.6 Å². The molecular formula is C15H18N2O3S. The van der Waals surface area contributed by atoms with Crippen molar-refractivity contribution in [3.63, 3.8) is 0 Å². The number of para-hydroxylation sites is 1. The number of hydrogen-bond acceptors (Lipinski definition) is 4. The number of benzene rings is 1. The highest BCUT2D eigenvalue weighted by Gasteiger charge is 2.11. The minimum absolute atomic E-state index is 0.146. The van der Waals surface area contributed by atoms with E-state index in [0.29, 0.717) is 11.4 Å². The molecule has 112 valence electrons. The summed E-state index contributed by atoms with van der Waals surface area (Å²) in [4.78, 5) is 4.20. The third kappa shape index (κ3) is 4.27. The van der Waals surface area contributed by atoms with Crippen LogP contribution in [0.2, 0.25) is 0 Å². The molecule has 0 aliphatic carbocycles. The first-order chi connectivity index (χ1) is 9.87. The van der Waals surface area contributed by atoms with Gasteiger partial charge < -0.3 is 4.74 Å². The van der Waals surface area contributed by atoms with Crippen molar-refractivity contribution in [3.8, 4) is 11.6 Å². The summed E-state index contributed by atoms with van der Waals surface area (Å²) < 4.78 is 30.8. The van der Waals surface area contributed by atoms with Crippen LogP contribution in [-0.4, -0.2) is 19.7 Å². The fraction of sp³-hybridized carbons (Fsp3) is 0.267. The minimum Gasteiger partial charge on any atom is -0.438 e. The maximum atomic E-state index is 11.2. The van der Waals surface area contributed by atoms with Crippen molar-refractivity contribution in [1.29, 1.82) is 0 Å². The second-order valence-electron chi connectivity index (χ2n) is 4.88. The second kappa shape index (κ2) is 6.24. The zero-order chi connectivity index (χ0) is 15.5. The second-order valence-corrected chi connectivity index (χ2v) is 6.72. The predicted molar refractivity (Wildman–Crippen MR) is 81.9 cm³/mol. The van der Waals surface area contributed by atoms with Gasteiger partial charge in [-0.2, -0.15) is 0 Å². The number of pyridine rings is 1. The Morgan fingerprint density at radius 2 is 1.81 bits per heavy atom. The van der Waals surface area contributed by atoms with Crippen LogP contribution in [0.1, 0.15) is 16.7 Å². The van der Waals surface area contributed by atoms with E-state index in [-0.39, 0.29) is 6.54 Å². The molecule has 21 heavy (non-hydrogen) atoms. The molecule has 0 saturated carbocycles. The van der Waals surface area contributed by atoms with Gasteiger partial charge in [-0.25, -0.2) is 18.1 Å². The fourth-order valence-corrected chi connectivity index (χ4v) is 2.33. The van der Waals surface area contributed by atoms with Gasteiger partial charge in [0, 0.05) is 18.3 Å². The first-order valence-electron chi connectivity index (χ1n) is 6.49. The summed E-state index contributed by atoms with van der Waals surface area (Å²) in [5.74, 6) is 1.16. The summed E-state index contributed by atoms with van der Waals surface area (Å²) >= 11 is 0. The van der Waals surface area contributed by atoms with E-state index < -0.39 is 10.0 Å². The molecule has 1 aromatic carbocycles. The van der Waals surface area contributed by atoms with E-state index in [1.807, 2.05) is 32.0 Å². The molecule has 0 radical (unpaired) electrons. The Kier molecular flexibility index (Phi) is 4.59. The number of hydrogen-bond donors (Lipinski definition) is 1. The minimum atomic E-state index is -3.26. The van der Waals surface area contributed by atoms with Gasteiger partial charge in [-0.05, 0) is 31.0 Å². The molecule has 0 unspecified atom stereocenters. The van der Waals surface area contributed by atoms with Crippen LogP contribution in [0.15, 0.2) is 36.5 Å². The SMILES string of the molecule is Cc1cccc(C)c1Oc1ncccc1CNS(C)(=O)=O. The van der Waals surface area contributed by atoms with Crippen molar-refractivity contribution in [2.45, 2.75) is 20.4 Å². The van der Waals surface area contributed by atoms with E-state index in [0.717, 1.165) is 23.1 Å². The lowest BCUT2D eigenvalue weighted by Crippen LogP contribution is -2.21. The number of aromatic nitrogens is 1. The molecule has 6 heteroatoms. The van der Waals surface area contributed by atoms with Crippen molar-refractivity contribution < 1.29 is 13.2 Å². The van der Waals surface area contributed by atoms with Gasteiger partial charge in [0.05, 0.1) is 6.26 Å². The topological polar surface area (TPSA) is 68.3 Å². The zero-order valence-electron chi connectivity index (χ0n) is 12.3. The Morgan fingerprint density at radius 3 is 2.43 bits per heavy atom. The monoisotopic (exact) mass is 306 g/mol. The van der Waals surface area contributed by atoms with Gasteiger partial charge in [0.1, 0.15) is 5.75 Å². The molecule has 1 aromatic heterocycles. The highest BCUT2D eigenvalue weighted by molar-refractivity contribution is 7.88. The van der Waals surface area contributed by atoms with Gasteiger partial charge in [-0.15, -0.1) is 0 Å². The van der Waals surface area contributed by atoms with Crippen LogP contribution in [0.25, 0.3) is 0 Å². The van der Waals surface area contributed by atoms with E-state index in [1.54, 1.807) is 18.3 Å². The standard InChI is InChI=1S/C15H18N2O3S/c1-11-6-4-7-12(2)14(11)20-15-13(8-5-9-16-15)10-17-21(3,18)19/h4-9,17H,10H2,1-3H3. The molecule has 0 bridgehead atoms. The fourth-order valence-electron chi connectivity index (χ4n) is 1.92. The van der Waals surface area contributed by atoms with Crippen LogP contribution in [0.3, 0.4) is 0 Å². The van der Waals surface area contributed by atoms with Crippen molar-refractivity contribution >= 4 is 10.0 Å². The number of sulfonamides is 1. The number of ether oxygens (including phenoxy) is 1. The maximum Gasteiger partial charge on any atom is 0.223 e. The van der Waals surface area contributed by atoms with Crippen molar-refractivity contribution in [3.05, 3.63) is 53.2 Å². The summed E-state index contributed by atoms with van der Waals surface area (Å²) in [5.41, 5.74) is 2.69. The third-order valence-corrected chi connectivity index (χ3v) is 3.65. The van der Waals surface area contributed by atoms with E-state index in [1.165, 1.54) is 0 Å². The average Bonchev–Trinajstić information content (AvgIpc) is 2.41. The van der Waals surface area contributed by atoms with E-state index in [9.17, 15) is 8.42 Å². The molecule has 0 fully saturated rings. The van der Waals surface area contributed by atoms with Crippen LogP contribution in [0.4, 0.5) is 0 Å². The van der Waals surface area contributed by atoms with Crippen LogP contribution < -0.4 is 9.46 Å². The summed E-state index contributed by atoms with van der Waals surface area (Å²) in [7, 11) is -3.26. The number of nitrogens with zero attached hydrogens (tertiary/aromatic N) is 1. The lowest BCUT2D eigenvalue weighted by atomic mass is 10.1. The van der Waals surface area contributed by atoms with E-state index in [4.69, 9.17) is 4.74 Å². The lowest BCUT2D eigenvalue weighted by Gasteiger charge is -2.13. The van der Waals surface area contributed by atoms with E-state index >= 15 is 0 Å². The number of rotatable bonds is 5. The van der Waals surface area contributed by atoms with Crippen LogP contribution in [0, 0.1) is 13.8 Å². The zero-order valence-corrected chi connectivity index (χ0v) is 13.1. The molecule has 1 N–H and O–H groups in total. The normalized spacial score (nSPS) is 11.4. The molecule has 0 atom stereocenters. The molecule has 0 aliphatic heterocycles. The third-order valence-electron chi connectivity index (χ3n) is 2.98. The lowest BCUT2D eigenvalue weighted by molar-refractivity contribution is 0.448. The molecule has 1 heterocycles. The molecule has 0 saturated heterocycles. The van der Waals surface area contributed by atoms with Gasteiger partial charge in [0.15, 0.2) is 0 Å². The summed E-state index contributed by atoms with van der Waals surface area (Å²) in [6, 6.07) is 9.41. The van der Waals surface area contributed by atoms with Crippen molar-refractivity contribution in [2.75, 3.05) is 6.26 Å². The van der Waals surface area contributed by atoms with Crippen molar-refractivity contribution in [2.24, 2.45) is 0 Å². The quantitative estimate of drug-likeness (QED) is 0.921. The summed E-state index contributed by atoms with van der Waals surface area (Å²) in [6.07, 6.45) is 2.74. The highest BCUT2D eigenvalue weighted by atomic mass is 32.2. The van der Waals surface area contributed by atoms with Gasteiger partial charge in [-0.1, -0.05) is 24.3 Å². The Morgan fingerprint density at radius 1 is 1.14 bits per heavy atom. The predicted octanol–water partition coefficient (Wildman–Crippen LogP) is 2.54. The maximum absolute atomic E-state index is 11.2. The molecule has 5 nitrogen and oxygen atoms in total. The highest BCUT2D eigenvalue weighted by Crippen LogP contribution is 2.29.